The summed E-state index contributed by atoms with van der Waals surface area (Å²) in [5, 5.41) is 4.90. The molecule has 0 atom stereocenters. The van der Waals surface area contributed by atoms with Crippen LogP contribution in [0.25, 0.3) is 0 Å². The van der Waals surface area contributed by atoms with Gasteiger partial charge in [0.25, 0.3) is 0 Å². The third-order valence-electron chi connectivity index (χ3n) is 2.89. The summed E-state index contributed by atoms with van der Waals surface area (Å²) < 4.78 is 40.5. The second-order valence-electron chi connectivity index (χ2n) is 4.59. The van der Waals surface area contributed by atoms with E-state index in [1.54, 1.807) is 0 Å². The van der Waals surface area contributed by atoms with Gasteiger partial charge in [0.15, 0.2) is 0 Å². The topological polar surface area (TPSA) is 86.5 Å². The van der Waals surface area contributed by atoms with Gasteiger partial charge in [-0.05, 0) is 30.5 Å². The number of carbonyl (C=O) groups is 1. The van der Waals surface area contributed by atoms with E-state index in [2.05, 4.69) is 0 Å². The number of esters is 1. The summed E-state index contributed by atoms with van der Waals surface area (Å²) >= 11 is 0. The fourth-order valence-corrected chi connectivity index (χ4v) is 2.22. The van der Waals surface area contributed by atoms with Crippen LogP contribution in [0.5, 0.6) is 0 Å². The molecule has 7 heteroatoms. The fourth-order valence-electron chi connectivity index (χ4n) is 1.65. The minimum atomic E-state index is -4.05. The van der Waals surface area contributed by atoms with Crippen LogP contribution in [0.3, 0.4) is 0 Å². The zero-order valence-electron chi connectivity index (χ0n) is 10.1. The Morgan fingerprint density at radius 1 is 1.37 bits per heavy atom. The molecule has 0 aromatic heterocycles. The predicted octanol–water partition coefficient (Wildman–Crippen LogP) is 1.43. The summed E-state index contributed by atoms with van der Waals surface area (Å²) in [6.45, 7) is 0.255. The number of benzene rings is 1. The summed E-state index contributed by atoms with van der Waals surface area (Å²) in [4.78, 5) is 11.2. The van der Waals surface area contributed by atoms with Crippen molar-refractivity contribution in [2.75, 3.05) is 6.61 Å². The van der Waals surface area contributed by atoms with E-state index < -0.39 is 26.7 Å². The molecule has 104 valence electrons. The molecular weight excluding hydrogens is 273 g/mol. The zero-order valence-corrected chi connectivity index (χ0v) is 11.0. The van der Waals surface area contributed by atoms with Crippen LogP contribution in [-0.4, -0.2) is 21.0 Å². The first kappa shape index (κ1) is 14.0. The van der Waals surface area contributed by atoms with Crippen LogP contribution in [0, 0.1) is 11.7 Å². The van der Waals surface area contributed by atoms with Gasteiger partial charge in [0.1, 0.15) is 5.82 Å². The second kappa shape index (κ2) is 5.26. The molecule has 0 amide bonds. The highest BCUT2D eigenvalue weighted by Crippen LogP contribution is 2.32. The molecule has 2 N–H and O–H groups in total. The Bertz CT molecular complexity index is 596. The van der Waals surface area contributed by atoms with Crippen LogP contribution >= 0.6 is 0 Å². The van der Waals surface area contributed by atoms with Crippen LogP contribution in [0.15, 0.2) is 23.1 Å². The highest BCUT2D eigenvalue weighted by Gasteiger charge is 2.22. The minimum Gasteiger partial charge on any atom is -0.462 e. The number of rotatable bonds is 5. The van der Waals surface area contributed by atoms with Gasteiger partial charge in [-0.15, -0.1) is 0 Å². The molecular formula is C12H14FNO4S. The lowest BCUT2D eigenvalue weighted by atomic mass is 10.2. The maximum absolute atomic E-state index is 13.3. The zero-order chi connectivity index (χ0) is 14.0. The number of carbonyl (C=O) groups excluding carboxylic acids is 1. The van der Waals surface area contributed by atoms with Gasteiger partial charge in [0, 0.05) is 0 Å². The van der Waals surface area contributed by atoms with Crippen molar-refractivity contribution >= 4 is 16.0 Å². The number of halogens is 1. The van der Waals surface area contributed by atoms with E-state index in [1.165, 1.54) is 0 Å². The van der Waals surface area contributed by atoms with Crippen molar-refractivity contribution in [3.63, 3.8) is 0 Å². The average molecular weight is 287 g/mol. The molecule has 0 heterocycles. The molecule has 1 saturated carbocycles. The molecule has 5 nitrogen and oxygen atoms in total. The van der Waals surface area contributed by atoms with Crippen molar-refractivity contribution < 1.29 is 22.3 Å². The molecule has 1 aromatic carbocycles. The Morgan fingerprint density at radius 3 is 2.63 bits per heavy atom. The Kier molecular flexibility index (Phi) is 3.86. The number of hydrogen-bond donors (Lipinski definition) is 1. The largest absolute Gasteiger partial charge is 0.462 e. The van der Waals surface area contributed by atoms with Crippen molar-refractivity contribution in [2.24, 2.45) is 11.1 Å². The van der Waals surface area contributed by atoms with Gasteiger partial charge in [0.2, 0.25) is 10.0 Å². The standard InChI is InChI=1S/C12H14FNO4S/c13-10-5-9(6-11(7-10)19(14,16)17)12(15)18-4-3-8-1-2-8/h5-8H,1-4H2,(H2,14,16,17). The maximum atomic E-state index is 13.3. The van der Waals surface area contributed by atoms with Crippen molar-refractivity contribution in [1.29, 1.82) is 0 Å². The molecule has 2 rings (SSSR count). The molecule has 1 aliphatic carbocycles. The van der Waals surface area contributed by atoms with E-state index in [9.17, 15) is 17.6 Å². The quantitative estimate of drug-likeness (QED) is 0.830. The van der Waals surface area contributed by atoms with Gasteiger partial charge in [0.05, 0.1) is 17.1 Å². The van der Waals surface area contributed by atoms with E-state index >= 15 is 0 Å². The van der Waals surface area contributed by atoms with Gasteiger partial charge in [-0.3, -0.25) is 0 Å². The summed E-state index contributed by atoms with van der Waals surface area (Å²) in [5.41, 5.74) is -0.153. The fraction of sp³-hybridized carbons (Fsp3) is 0.417. The lowest BCUT2D eigenvalue weighted by Gasteiger charge is -2.06. The lowest BCUT2D eigenvalue weighted by Crippen LogP contribution is -2.14. The van der Waals surface area contributed by atoms with Crippen molar-refractivity contribution in [3.05, 3.63) is 29.6 Å². The van der Waals surface area contributed by atoms with Crippen molar-refractivity contribution in [3.8, 4) is 0 Å². The summed E-state index contributed by atoms with van der Waals surface area (Å²) in [5.74, 6) is -0.981. The average Bonchev–Trinajstić information content (AvgIpc) is 3.11. The first-order chi connectivity index (χ1) is 8.86. The normalized spacial score (nSPS) is 15.3. The van der Waals surface area contributed by atoms with E-state index in [4.69, 9.17) is 9.88 Å². The van der Waals surface area contributed by atoms with Crippen LogP contribution < -0.4 is 5.14 Å². The summed E-state index contributed by atoms with van der Waals surface area (Å²) in [6.07, 6.45) is 3.07. The molecule has 0 saturated heterocycles. The Labute approximate surface area is 110 Å². The Hall–Kier alpha value is -1.47. The highest BCUT2D eigenvalue weighted by atomic mass is 32.2. The van der Waals surface area contributed by atoms with Gasteiger partial charge in [-0.2, -0.15) is 0 Å². The molecule has 1 fully saturated rings. The van der Waals surface area contributed by atoms with Crippen molar-refractivity contribution in [1.82, 2.24) is 0 Å². The molecule has 0 unspecified atom stereocenters. The number of primary sulfonamides is 1. The van der Waals surface area contributed by atoms with E-state index in [0.717, 1.165) is 37.5 Å². The van der Waals surface area contributed by atoms with Gasteiger partial charge in [-0.25, -0.2) is 22.7 Å². The molecule has 0 bridgehead atoms. The monoisotopic (exact) mass is 287 g/mol. The SMILES string of the molecule is NS(=O)(=O)c1cc(F)cc(C(=O)OCCC2CC2)c1. The molecule has 0 radical (unpaired) electrons. The van der Waals surface area contributed by atoms with Gasteiger partial charge >= 0.3 is 5.97 Å². The van der Waals surface area contributed by atoms with Crippen LogP contribution in [0.1, 0.15) is 29.6 Å². The minimum absolute atomic E-state index is 0.153. The van der Waals surface area contributed by atoms with Crippen LogP contribution in [0.4, 0.5) is 4.39 Å². The molecule has 19 heavy (non-hydrogen) atoms. The highest BCUT2D eigenvalue weighted by molar-refractivity contribution is 7.89. The molecule has 1 aliphatic rings. The second-order valence-corrected chi connectivity index (χ2v) is 6.15. The number of hydrogen-bond acceptors (Lipinski definition) is 4. The van der Waals surface area contributed by atoms with Crippen LogP contribution in [0.2, 0.25) is 0 Å². The van der Waals surface area contributed by atoms with Gasteiger partial charge < -0.3 is 4.74 Å². The molecule has 0 spiro atoms. The van der Waals surface area contributed by atoms with E-state index in [-0.39, 0.29) is 12.2 Å². The first-order valence-electron chi connectivity index (χ1n) is 5.87. The van der Waals surface area contributed by atoms with Crippen molar-refractivity contribution in [2.45, 2.75) is 24.2 Å². The van der Waals surface area contributed by atoms with E-state index in [1.807, 2.05) is 0 Å². The molecule has 0 aliphatic heterocycles. The number of sulfonamides is 1. The first-order valence-corrected chi connectivity index (χ1v) is 7.41. The third kappa shape index (κ3) is 4.00. The Morgan fingerprint density at radius 2 is 2.05 bits per heavy atom. The number of ether oxygens (including phenoxy) is 1. The Balaban J connectivity index is 2.09. The van der Waals surface area contributed by atoms with E-state index in [0.29, 0.717) is 5.92 Å². The maximum Gasteiger partial charge on any atom is 0.338 e. The summed E-state index contributed by atoms with van der Waals surface area (Å²) in [7, 11) is -4.05. The van der Waals surface area contributed by atoms with Crippen LogP contribution in [-0.2, 0) is 14.8 Å². The van der Waals surface area contributed by atoms with Gasteiger partial charge in [-0.1, -0.05) is 12.8 Å². The smallest absolute Gasteiger partial charge is 0.338 e. The third-order valence-corrected chi connectivity index (χ3v) is 3.78. The predicted molar refractivity (Wildman–Crippen MR) is 65.4 cm³/mol. The summed E-state index contributed by atoms with van der Waals surface area (Å²) in [6, 6.07) is 2.70. The molecule has 1 aromatic rings. The number of nitrogens with two attached hydrogens (primary N) is 1. The lowest BCUT2D eigenvalue weighted by molar-refractivity contribution is 0.0494.